The first kappa shape index (κ1) is 33.3. The first-order valence-corrected chi connectivity index (χ1v) is 17.0. The zero-order chi connectivity index (χ0) is 30.9. The van der Waals surface area contributed by atoms with E-state index in [1.807, 2.05) is 100 Å². The van der Waals surface area contributed by atoms with Crippen LogP contribution in [0.2, 0.25) is 0 Å². The third-order valence-electron chi connectivity index (χ3n) is 7.16. The smallest absolute Gasteiger partial charge is 0.243 e. The van der Waals surface area contributed by atoms with Crippen molar-refractivity contribution in [1.82, 2.24) is 10.2 Å². The van der Waals surface area contributed by atoms with E-state index in [9.17, 15) is 18.0 Å². The molecule has 0 aromatic heterocycles. The number of amides is 2. The fraction of sp³-hybridized carbons (Fsp3) is 0.394. The molecule has 42 heavy (non-hydrogen) atoms. The molecule has 0 radical (unpaired) electrons. The Bertz CT molecular complexity index is 1440. The Balaban J connectivity index is 1.90. The number of nitrogens with zero attached hydrogens (tertiary/aromatic N) is 2. The van der Waals surface area contributed by atoms with E-state index >= 15 is 0 Å². The normalized spacial score (nSPS) is 12.8. The lowest BCUT2D eigenvalue weighted by Crippen LogP contribution is -2.52. The number of nitrogens with one attached hydrogen (secondary N) is 1. The lowest BCUT2D eigenvalue weighted by Gasteiger charge is -2.33. The summed E-state index contributed by atoms with van der Waals surface area (Å²) in [5.41, 5.74) is 4.35. The molecule has 226 valence electrons. The first-order valence-electron chi connectivity index (χ1n) is 14.3. The number of carbonyl (C=O) groups excluding carboxylic acids is 2. The predicted octanol–water partition coefficient (Wildman–Crippen LogP) is 6.17. The second-order valence-corrected chi connectivity index (χ2v) is 13.8. The van der Waals surface area contributed by atoms with Gasteiger partial charge in [-0.2, -0.15) is 0 Å². The van der Waals surface area contributed by atoms with Gasteiger partial charge in [-0.25, -0.2) is 8.42 Å². The molecule has 2 amide bonds. The second kappa shape index (κ2) is 15.3. The van der Waals surface area contributed by atoms with Gasteiger partial charge < -0.3 is 10.2 Å². The molecule has 0 spiro atoms. The van der Waals surface area contributed by atoms with E-state index in [1.54, 1.807) is 4.90 Å². The van der Waals surface area contributed by atoms with Crippen LogP contribution in [0, 0.1) is 13.8 Å². The van der Waals surface area contributed by atoms with Gasteiger partial charge >= 0.3 is 0 Å². The summed E-state index contributed by atoms with van der Waals surface area (Å²) in [6.07, 6.45) is 2.71. The zero-order valence-electron chi connectivity index (χ0n) is 25.1. The Morgan fingerprint density at radius 2 is 1.57 bits per heavy atom. The van der Waals surface area contributed by atoms with E-state index in [0.29, 0.717) is 18.5 Å². The highest BCUT2D eigenvalue weighted by atomic mass is 79.9. The van der Waals surface area contributed by atoms with Crippen molar-refractivity contribution in [3.63, 3.8) is 0 Å². The quantitative estimate of drug-likeness (QED) is 0.225. The van der Waals surface area contributed by atoms with Crippen LogP contribution in [0.1, 0.15) is 55.4 Å². The van der Waals surface area contributed by atoms with Gasteiger partial charge in [-0.05, 0) is 80.1 Å². The molecule has 3 rings (SSSR count). The molecule has 0 heterocycles. The van der Waals surface area contributed by atoms with Gasteiger partial charge in [0.25, 0.3) is 0 Å². The summed E-state index contributed by atoms with van der Waals surface area (Å²) in [7, 11) is -3.57. The van der Waals surface area contributed by atoms with E-state index < -0.39 is 16.1 Å². The number of halogens is 1. The van der Waals surface area contributed by atoms with Gasteiger partial charge in [-0.15, -0.1) is 0 Å². The molecule has 0 unspecified atom stereocenters. The SMILES string of the molecule is CC[C@@H](C)NC(=O)[C@H](Cc1ccccc1)N(Cc1cccc(Br)c1)C(=O)CCCN(c1cc(C)cc(C)c1)S(C)(=O)=O. The maximum absolute atomic E-state index is 14.0. The van der Waals surface area contributed by atoms with Gasteiger partial charge in [0.1, 0.15) is 6.04 Å². The summed E-state index contributed by atoms with van der Waals surface area (Å²) in [6.45, 7) is 8.21. The molecule has 2 atom stereocenters. The van der Waals surface area contributed by atoms with Gasteiger partial charge in [0, 0.05) is 36.4 Å². The van der Waals surface area contributed by atoms with Crippen molar-refractivity contribution in [3.8, 4) is 0 Å². The molecule has 3 aromatic rings. The van der Waals surface area contributed by atoms with Gasteiger partial charge in [-0.3, -0.25) is 13.9 Å². The van der Waals surface area contributed by atoms with Crippen molar-refractivity contribution >= 4 is 43.5 Å². The van der Waals surface area contributed by atoms with Crippen molar-refractivity contribution < 1.29 is 18.0 Å². The van der Waals surface area contributed by atoms with Crippen molar-refractivity contribution in [2.75, 3.05) is 17.1 Å². The van der Waals surface area contributed by atoms with Crippen molar-refractivity contribution in [2.45, 2.75) is 72.0 Å². The minimum Gasteiger partial charge on any atom is -0.352 e. The summed E-state index contributed by atoms with van der Waals surface area (Å²) >= 11 is 3.51. The number of aryl methyl sites for hydroxylation is 2. The standard InChI is InChI=1S/C33H42BrN3O4S/c1-6-26(4)35-33(39)31(22-27-12-8-7-9-13-27)36(23-28-14-10-15-29(34)21-28)32(38)16-11-17-37(42(5,40)41)30-19-24(2)18-25(3)20-30/h7-10,12-15,18-21,26,31H,6,11,16-17,22-23H2,1-5H3,(H,35,39)/t26-,31+/m1/s1. The molecular weight excluding hydrogens is 614 g/mol. The Labute approximate surface area is 259 Å². The third kappa shape index (κ3) is 9.98. The number of anilines is 1. The molecule has 0 bridgehead atoms. The summed E-state index contributed by atoms with van der Waals surface area (Å²) < 4.78 is 27.7. The first-order chi connectivity index (χ1) is 19.9. The lowest BCUT2D eigenvalue weighted by atomic mass is 10.0. The fourth-order valence-electron chi connectivity index (χ4n) is 4.93. The molecule has 9 heteroatoms. The minimum atomic E-state index is -3.57. The minimum absolute atomic E-state index is 0.0419. The van der Waals surface area contributed by atoms with Crippen LogP contribution in [0.4, 0.5) is 5.69 Å². The average Bonchev–Trinajstić information content (AvgIpc) is 2.92. The van der Waals surface area contributed by atoms with E-state index in [0.717, 1.165) is 33.1 Å². The number of carbonyl (C=O) groups is 2. The third-order valence-corrected chi connectivity index (χ3v) is 8.85. The van der Waals surface area contributed by atoms with Gasteiger partial charge in [0.05, 0.1) is 11.9 Å². The topological polar surface area (TPSA) is 86.8 Å². The lowest BCUT2D eigenvalue weighted by molar-refractivity contribution is -0.141. The van der Waals surface area contributed by atoms with Crippen LogP contribution in [0.3, 0.4) is 0 Å². The molecule has 7 nitrogen and oxygen atoms in total. The van der Waals surface area contributed by atoms with Crippen LogP contribution < -0.4 is 9.62 Å². The number of sulfonamides is 1. The summed E-state index contributed by atoms with van der Waals surface area (Å²) in [5.74, 6) is -0.409. The average molecular weight is 657 g/mol. The summed E-state index contributed by atoms with van der Waals surface area (Å²) in [5, 5.41) is 3.08. The summed E-state index contributed by atoms with van der Waals surface area (Å²) in [6, 6.07) is 22.3. The van der Waals surface area contributed by atoms with Crippen LogP contribution in [-0.4, -0.2) is 50.0 Å². The Morgan fingerprint density at radius 3 is 2.17 bits per heavy atom. The Morgan fingerprint density at radius 1 is 0.929 bits per heavy atom. The molecule has 0 aliphatic heterocycles. The van der Waals surface area contributed by atoms with E-state index in [-0.39, 0.29) is 37.4 Å². The van der Waals surface area contributed by atoms with Crippen molar-refractivity contribution in [1.29, 1.82) is 0 Å². The second-order valence-electron chi connectivity index (χ2n) is 11.0. The number of hydrogen-bond acceptors (Lipinski definition) is 4. The van der Waals surface area contributed by atoms with Crippen LogP contribution in [0.5, 0.6) is 0 Å². The van der Waals surface area contributed by atoms with Crippen molar-refractivity contribution in [2.24, 2.45) is 0 Å². The maximum atomic E-state index is 14.0. The molecule has 0 saturated heterocycles. The van der Waals surface area contributed by atoms with Gasteiger partial charge in [0.15, 0.2) is 0 Å². The van der Waals surface area contributed by atoms with Crippen LogP contribution in [0.15, 0.2) is 77.3 Å². The van der Waals surface area contributed by atoms with Crippen LogP contribution >= 0.6 is 15.9 Å². The maximum Gasteiger partial charge on any atom is 0.243 e. The number of rotatable bonds is 14. The number of hydrogen-bond donors (Lipinski definition) is 1. The largest absolute Gasteiger partial charge is 0.352 e. The van der Waals surface area contributed by atoms with Gasteiger partial charge in [0.2, 0.25) is 21.8 Å². The van der Waals surface area contributed by atoms with E-state index in [2.05, 4.69) is 21.2 Å². The molecule has 0 fully saturated rings. The molecule has 0 aliphatic rings. The highest BCUT2D eigenvalue weighted by Gasteiger charge is 2.31. The van der Waals surface area contributed by atoms with Crippen LogP contribution in [0.25, 0.3) is 0 Å². The Kier molecular flexibility index (Phi) is 12.2. The highest BCUT2D eigenvalue weighted by Crippen LogP contribution is 2.23. The number of benzene rings is 3. The molecule has 0 saturated carbocycles. The molecule has 0 aliphatic carbocycles. The monoisotopic (exact) mass is 655 g/mol. The fourth-order valence-corrected chi connectivity index (χ4v) is 6.32. The predicted molar refractivity (Wildman–Crippen MR) is 174 cm³/mol. The van der Waals surface area contributed by atoms with E-state index in [4.69, 9.17) is 0 Å². The summed E-state index contributed by atoms with van der Waals surface area (Å²) in [4.78, 5) is 29.3. The van der Waals surface area contributed by atoms with Gasteiger partial charge in [-0.1, -0.05) is 71.4 Å². The molecule has 1 N–H and O–H groups in total. The molecule has 3 aromatic carbocycles. The highest BCUT2D eigenvalue weighted by molar-refractivity contribution is 9.10. The molecular formula is C33H42BrN3O4S. The van der Waals surface area contributed by atoms with E-state index in [1.165, 1.54) is 10.6 Å². The van der Waals surface area contributed by atoms with Crippen molar-refractivity contribution in [3.05, 3.63) is 99.5 Å². The zero-order valence-corrected chi connectivity index (χ0v) is 27.5. The van der Waals surface area contributed by atoms with Crippen LogP contribution in [-0.2, 0) is 32.6 Å². The Hall–Kier alpha value is -3.17.